The third kappa shape index (κ3) is 6.44. The minimum Gasteiger partial charge on any atom is -0.378 e. The van der Waals surface area contributed by atoms with Crippen molar-refractivity contribution in [2.24, 2.45) is 5.10 Å². The molecular formula is C31H31N7O2. The molecule has 2 heterocycles. The van der Waals surface area contributed by atoms with Gasteiger partial charge in [-0.15, -0.1) is 0 Å². The average Bonchev–Trinajstić information content (AvgIpc) is 3.64. The van der Waals surface area contributed by atoms with E-state index in [0.29, 0.717) is 24.9 Å². The predicted octanol–water partition coefficient (Wildman–Crippen LogP) is 5.08. The van der Waals surface area contributed by atoms with Crippen molar-refractivity contribution >= 4 is 40.3 Å². The lowest BCUT2D eigenvalue weighted by Gasteiger charge is -2.13. The summed E-state index contributed by atoms with van der Waals surface area (Å²) in [5.74, 6) is -0.300. The van der Waals surface area contributed by atoms with Crippen molar-refractivity contribution in [2.45, 2.75) is 19.4 Å². The van der Waals surface area contributed by atoms with E-state index in [4.69, 9.17) is 0 Å². The molecule has 0 aliphatic heterocycles. The summed E-state index contributed by atoms with van der Waals surface area (Å²) < 4.78 is 3.86. The van der Waals surface area contributed by atoms with E-state index in [1.807, 2.05) is 104 Å². The number of fused-ring (bicyclic) bond motifs is 1. The van der Waals surface area contributed by atoms with E-state index in [-0.39, 0.29) is 11.8 Å². The van der Waals surface area contributed by atoms with Gasteiger partial charge in [0.15, 0.2) is 0 Å². The van der Waals surface area contributed by atoms with E-state index in [2.05, 4.69) is 25.5 Å². The van der Waals surface area contributed by atoms with Crippen LogP contribution in [0.25, 0.3) is 16.6 Å². The van der Waals surface area contributed by atoms with Crippen LogP contribution in [-0.4, -0.2) is 46.5 Å². The Morgan fingerprint density at radius 2 is 1.82 bits per heavy atom. The number of aromatic nitrogens is 3. The van der Waals surface area contributed by atoms with Crippen molar-refractivity contribution in [2.75, 3.05) is 24.3 Å². The molecule has 3 aromatic carbocycles. The van der Waals surface area contributed by atoms with Crippen molar-refractivity contribution in [3.63, 3.8) is 0 Å². The van der Waals surface area contributed by atoms with Crippen LogP contribution in [0.5, 0.6) is 0 Å². The van der Waals surface area contributed by atoms with Crippen LogP contribution >= 0.6 is 0 Å². The Balaban J connectivity index is 1.13. The quantitative estimate of drug-likeness (QED) is 0.193. The molecule has 0 fully saturated rings. The maximum atomic E-state index is 12.7. The van der Waals surface area contributed by atoms with Crippen LogP contribution in [0.3, 0.4) is 0 Å². The zero-order chi connectivity index (χ0) is 27.9. The summed E-state index contributed by atoms with van der Waals surface area (Å²) >= 11 is 0. The third-order valence-electron chi connectivity index (χ3n) is 6.52. The van der Waals surface area contributed by atoms with Gasteiger partial charge in [-0.2, -0.15) is 10.2 Å². The number of nitrogens with one attached hydrogen (secondary N) is 2. The van der Waals surface area contributed by atoms with Crippen LogP contribution in [0.1, 0.15) is 28.8 Å². The molecule has 202 valence electrons. The van der Waals surface area contributed by atoms with Gasteiger partial charge in [-0.3, -0.25) is 9.59 Å². The fourth-order valence-corrected chi connectivity index (χ4v) is 4.41. The summed E-state index contributed by atoms with van der Waals surface area (Å²) in [6.07, 6.45) is 8.29. The van der Waals surface area contributed by atoms with Crippen molar-refractivity contribution < 1.29 is 9.59 Å². The minimum absolute atomic E-state index is 0.0123. The highest BCUT2D eigenvalue weighted by Gasteiger charge is 2.09. The second-order valence-electron chi connectivity index (χ2n) is 9.62. The van der Waals surface area contributed by atoms with Crippen molar-refractivity contribution in [1.29, 1.82) is 0 Å². The van der Waals surface area contributed by atoms with Crippen LogP contribution in [0.4, 0.5) is 11.4 Å². The highest BCUT2D eigenvalue weighted by atomic mass is 16.2. The summed E-state index contributed by atoms with van der Waals surface area (Å²) in [5, 5.41) is 12.3. The van der Waals surface area contributed by atoms with Crippen molar-refractivity contribution in [1.82, 2.24) is 19.8 Å². The van der Waals surface area contributed by atoms with Crippen LogP contribution in [0.2, 0.25) is 0 Å². The number of carbonyl (C=O) groups is 2. The normalized spacial score (nSPS) is 11.2. The largest absolute Gasteiger partial charge is 0.378 e. The van der Waals surface area contributed by atoms with Crippen molar-refractivity contribution in [3.8, 4) is 5.69 Å². The predicted molar refractivity (Wildman–Crippen MR) is 159 cm³/mol. The maximum absolute atomic E-state index is 12.7. The van der Waals surface area contributed by atoms with Gasteiger partial charge >= 0.3 is 0 Å². The number of hydrazone groups is 1. The van der Waals surface area contributed by atoms with Gasteiger partial charge in [-0.25, -0.2) is 10.1 Å². The lowest BCUT2D eigenvalue weighted by atomic mass is 10.1. The van der Waals surface area contributed by atoms with E-state index in [0.717, 1.165) is 33.5 Å². The number of carbonyl (C=O) groups excluding carboxylic acids is 2. The summed E-state index contributed by atoms with van der Waals surface area (Å²) in [4.78, 5) is 27.1. The first-order valence-electron chi connectivity index (χ1n) is 13.1. The number of aryl methyl sites for hydroxylation is 1. The van der Waals surface area contributed by atoms with Crippen LogP contribution in [-0.2, 0) is 11.3 Å². The van der Waals surface area contributed by atoms with Gasteiger partial charge in [-0.1, -0.05) is 12.1 Å². The lowest BCUT2D eigenvalue weighted by Crippen LogP contribution is -2.17. The maximum Gasteiger partial charge on any atom is 0.271 e. The molecule has 5 aromatic rings. The molecule has 0 unspecified atom stereocenters. The number of nitrogens with zero attached hydrogens (tertiary/aromatic N) is 5. The molecule has 0 saturated heterocycles. The first kappa shape index (κ1) is 26.4. The molecule has 0 spiro atoms. The SMILES string of the molecule is CN(C)c1ccc(NC(=O)CCCn2ccc3cc(C(=O)NN=Cc4cccc(-n5cccn5)c4)ccc32)cc1. The van der Waals surface area contributed by atoms with E-state index < -0.39 is 0 Å². The molecule has 0 atom stereocenters. The molecule has 5 rings (SSSR count). The number of anilines is 2. The van der Waals surface area contributed by atoms with Gasteiger partial charge < -0.3 is 14.8 Å². The minimum atomic E-state index is -0.288. The molecule has 0 saturated carbocycles. The monoisotopic (exact) mass is 533 g/mol. The van der Waals surface area contributed by atoms with Crippen LogP contribution < -0.4 is 15.6 Å². The van der Waals surface area contributed by atoms with Gasteiger partial charge in [-0.05, 0) is 78.7 Å². The molecule has 9 heteroatoms. The number of rotatable bonds is 10. The molecule has 2 N–H and O–H groups in total. The molecule has 40 heavy (non-hydrogen) atoms. The van der Waals surface area contributed by atoms with Gasteiger partial charge in [0, 0.05) is 73.5 Å². The Kier molecular flexibility index (Phi) is 8.01. The summed E-state index contributed by atoms with van der Waals surface area (Å²) in [6.45, 7) is 0.698. The second-order valence-corrected chi connectivity index (χ2v) is 9.62. The van der Waals surface area contributed by atoms with E-state index in [1.165, 1.54) is 0 Å². The number of benzene rings is 3. The Morgan fingerprint density at radius 1 is 0.975 bits per heavy atom. The van der Waals surface area contributed by atoms with Crippen molar-refractivity contribution in [3.05, 3.63) is 109 Å². The smallest absolute Gasteiger partial charge is 0.271 e. The fraction of sp³-hybridized carbons (Fsp3) is 0.161. The standard InChI is InChI=1S/C31H31N7O2/c1-36(2)27-12-10-26(11-13-27)34-30(39)8-4-17-37-19-15-24-21-25(9-14-29(24)37)31(40)35-32-22-23-6-3-7-28(20-23)38-18-5-16-33-38/h3,5-7,9-16,18-22H,4,8,17H2,1-2H3,(H,34,39)(H,35,40). The van der Waals surface area contributed by atoms with Gasteiger partial charge in [0.1, 0.15) is 0 Å². The lowest BCUT2D eigenvalue weighted by molar-refractivity contribution is -0.116. The highest BCUT2D eigenvalue weighted by Crippen LogP contribution is 2.19. The zero-order valence-corrected chi connectivity index (χ0v) is 22.5. The Labute approximate surface area is 232 Å². The number of hydrogen-bond acceptors (Lipinski definition) is 5. The molecule has 0 bridgehead atoms. The van der Waals surface area contributed by atoms with E-state index in [9.17, 15) is 9.59 Å². The fourth-order valence-electron chi connectivity index (χ4n) is 4.41. The summed E-state index contributed by atoms with van der Waals surface area (Å²) in [5.41, 5.74) is 7.76. The third-order valence-corrected chi connectivity index (χ3v) is 6.52. The summed E-state index contributed by atoms with van der Waals surface area (Å²) in [7, 11) is 3.96. The first-order valence-corrected chi connectivity index (χ1v) is 13.1. The molecule has 0 aliphatic rings. The molecule has 9 nitrogen and oxygen atoms in total. The average molecular weight is 534 g/mol. The second kappa shape index (κ2) is 12.1. The topological polar surface area (TPSA) is 96.5 Å². The first-order chi connectivity index (χ1) is 19.5. The Bertz CT molecular complexity index is 1630. The summed E-state index contributed by atoms with van der Waals surface area (Å²) in [6, 6.07) is 24.9. The van der Waals surface area contributed by atoms with Crippen LogP contribution in [0, 0.1) is 0 Å². The molecule has 2 aromatic heterocycles. The highest BCUT2D eigenvalue weighted by molar-refractivity contribution is 5.98. The Morgan fingerprint density at radius 3 is 2.60 bits per heavy atom. The van der Waals surface area contributed by atoms with Gasteiger partial charge in [0.2, 0.25) is 5.91 Å². The Hall–Kier alpha value is -5.18. The molecule has 2 amide bonds. The zero-order valence-electron chi connectivity index (χ0n) is 22.5. The van der Waals surface area contributed by atoms with Crippen LogP contribution in [0.15, 0.2) is 103 Å². The number of hydrogen-bond donors (Lipinski definition) is 2. The van der Waals surface area contributed by atoms with E-state index >= 15 is 0 Å². The van der Waals surface area contributed by atoms with Gasteiger partial charge in [0.05, 0.1) is 11.9 Å². The molecule has 0 aliphatic carbocycles. The molecule has 0 radical (unpaired) electrons. The van der Waals surface area contributed by atoms with E-state index in [1.54, 1.807) is 23.2 Å². The number of amides is 2. The molecular weight excluding hydrogens is 502 g/mol. The van der Waals surface area contributed by atoms with Gasteiger partial charge in [0.25, 0.3) is 5.91 Å².